The first kappa shape index (κ1) is 14.2. The number of carboxylic acids is 2. The highest BCUT2D eigenvalue weighted by Crippen LogP contribution is 2.26. The molecule has 1 aromatic carbocycles. The molecule has 4 nitrogen and oxygen atoms in total. The van der Waals surface area contributed by atoms with Gasteiger partial charge in [0.15, 0.2) is 0 Å². The van der Waals surface area contributed by atoms with Gasteiger partial charge in [-0.15, -0.1) is 0 Å². The van der Waals surface area contributed by atoms with Crippen LogP contribution in [-0.4, -0.2) is 22.2 Å². The molecule has 18 heavy (non-hydrogen) atoms. The normalized spacial score (nSPS) is 13.1. The van der Waals surface area contributed by atoms with E-state index >= 15 is 0 Å². The molecule has 2 N–H and O–H groups in total. The van der Waals surface area contributed by atoms with Crippen LogP contribution in [0, 0.1) is 0 Å². The van der Waals surface area contributed by atoms with Gasteiger partial charge < -0.3 is 10.2 Å². The van der Waals surface area contributed by atoms with E-state index < -0.39 is 24.3 Å². The van der Waals surface area contributed by atoms with Crippen LogP contribution in [0.15, 0.2) is 24.3 Å². The molecule has 0 fully saturated rings. The summed E-state index contributed by atoms with van der Waals surface area (Å²) in [6, 6.07) is 7.10. The Labute approximate surface area is 106 Å². The number of hydrogen-bond donors (Lipinski definition) is 2. The maximum absolute atomic E-state index is 11.1. The first-order valence-corrected chi connectivity index (χ1v) is 5.77. The molecule has 0 aromatic heterocycles. The van der Waals surface area contributed by atoms with Crippen LogP contribution >= 0.6 is 0 Å². The summed E-state index contributed by atoms with van der Waals surface area (Å²) < 4.78 is 0. The lowest BCUT2D eigenvalue weighted by Gasteiger charge is -2.20. The monoisotopic (exact) mass is 250 g/mol. The zero-order valence-corrected chi connectivity index (χ0v) is 10.8. The highest BCUT2D eigenvalue weighted by molar-refractivity contribution is 5.82. The van der Waals surface area contributed by atoms with Crippen molar-refractivity contribution < 1.29 is 19.8 Å². The molecule has 1 aromatic rings. The second-order valence-corrected chi connectivity index (χ2v) is 5.36. The van der Waals surface area contributed by atoms with Crippen LogP contribution in [0.25, 0.3) is 0 Å². The number of hydrogen-bond acceptors (Lipinski definition) is 2. The predicted octanol–water partition coefficient (Wildman–Crippen LogP) is 2.63. The summed E-state index contributed by atoms with van der Waals surface area (Å²) in [5, 5.41) is 17.8. The minimum absolute atomic E-state index is 0.00987. The van der Waals surface area contributed by atoms with Crippen LogP contribution in [0.2, 0.25) is 0 Å². The Balaban J connectivity index is 3.01. The summed E-state index contributed by atoms with van der Waals surface area (Å²) in [7, 11) is 0. The van der Waals surface area contributed by atoms with E-state index in [1.54, 1.807) is 12.1 Å². The van der Waals surface area contributed by atoms with Crippen molar-refractivity contribution >= 4 is 11.9 Å². The van der Waals surface area contributed by atoms with E-state index in [2.05, 4.69) is 20.8 Å². The Morgan fingerprint density at radius 1 is 1.11 bits per heavy atom. The molecule has 1 atom stereocenters. The van der Waals surface area contributed by atoms with E-state index in [4.69, 9.17) is 10.2 Å². The molecule has 0 aliphatic rings. The fraction of sp³-hybridized carbons (Fsp3) is 0.429. The highest BCUT2D eigenvalue weighted by Gasteiger charge is 2.23. The summed E-state index contributed by atoms with van der Waals surface area (Å²) in [6.07, 6.45) is -0.399. The Bertz CT molecular complexity index is 440. The molecule has 0 radical (unpaired) electrons. The Hall–Kier alpha value is -1.84. The van der Waals surface area contributed by atoms with Crippen LogP contribution < -0.4 is 0 Å². The number of carbonyl (C=O) groups is 2. The summed E-state index contributed by atoms with van der Waals surface area (Å²) in [6.45, 7) is 6.19. The Morgan fingerprint density at radius 2 is 1.61 bits per heavy atom. The average molecular weight is 250 g/mol. The minimum Gasteiger partial charge on any atom is -0.481 e. The van der Waals surface area contributed by atoms with Gasteiger partial charge in [0.25, 0.3) is 0 Å². The summed E-state index contributed by atoms with van der Waals surface area (Å²) >= 11 is 0. The predicted molar refractivity (Wildman–Crippen MR) is 67.8 cm³/mol. The van der Waals surface area contributed by atoms with Crippen molar-refractivity contribution in [2.24, 2.45) is 0 Å². The molecule has 0 saturated heterocycles. The lowest BCUT2D eigenvalue weighted by molar-refractivity contribution is -0.145. The zero-order chi connectivity index (χ0) is 13.9. The van der Waals surface area contributed by atoms with Gasteiger partial charge in [0.05, 0.1) is 12.3 Å². The van der Waals surface area contributed by atoms with Gasteiger partial charge in [-0.05, 0) is 16.5 Å². The smallest absolute Gasteiger partial charge is 0.311 e. The topological polar surface area (TPSA) is 74.6 Å². The summed E-state index contributed by atoms with van der Waals surface area (Å²) in [5.41, 5.74) is 1.60. The van der Waals surface area contributed by atoms with Gasteiger partial charge in [0, 0.05) is 0 Å². The van der Waals surface area contributed by atoms with Crippen molar-refractivity contribution in [3.63, 3.8) is 0 Å². The molecule has 0 heterocycles. The van der Waals surface area contributed by atoms with Crippen LogP contribution in [0.5, 0.6) is 0 Å². The van der Waals surface area contributed by atoms with E-state index in [0.29, 0.717) is 5.56 Å². The lowest BCUT2D eigenvalue weighted by atomic mass is 9.85. The van der Waals surface area contributed by atoms with Crippen LogP contribution in [0.1, 0.15) is 44.2 Å². The van der Waals surface area contributed by atoms with Crippen LogP contribution in [0.3, 0.4) is 0 Å². The van der Waals surface area contributed by atoms with Gasteiger partial charge in [-0.25, -0.2) is 0 Å². The largest absolute Gasteiger partial charge is 0.481 e. The second kappa shape index (κ2) is 5.21. The molecule has 0 amide bonds. The van der Waals surface area contributed by atoms with Crippen molar-refractivity contribution in [3.8, 4) is 0 Å². The number of benzene rings is 1. The molecule has 98 valence electrons. The number of aliphatic carboxylic acids is 2. The van der Waals surface area contributed by atoms with Gasteiger partial charge in [0.2, 0.25) is 0 Å². The summed E-state index contributed by atoms with van der Waals surface area (Å²) in [4.78, 5) is 21.7. The first-order chi connectivity index (χ1) is 8.21. The SMILES string of the molecule is CC(C)(C)c1ccc(C(CC(=O)O)C(=O)O)cc1. The zero-order valence-electron chi connectivity index (χ0n) is 10.8. The van der Waals surface area contributed by atoms with Crippen molar-refractivity contribution in [1.82, 2.24) is 0 Å². The number of carboxylic acid groups (broad SMARTS) is 2. The van der Waals surface area contributed by atoms with E-state index in [-0.39, 0.29) is 5.41 Å². The second-order valence-electron chi connectivity index (χ2n) is 5.36. The molecular formula is C14H18O4. The van der Waals surface area contributed by atoms with Crippen molar-refractivity contribution in [2.45, 2.75) is 38.5 Å². The minimum atomic E-state index is -1.11. The quantitative estimate of drug-likeness (QED) is 0.861. The van der Waals surface area contributed by atoms with E-state index in [0.717, 1.165) is 5.56 Å². The van der Waals surface area contributed by atoms with Gasteiger partial charge in [-0.1, -0.05) is 45.0 Å². The fourth-order valence-corrected chi connectivity index (χ4v) is 1.74. The average Bonchev–Trinajstić information content (AvgIpc) is 2.24. The molecule has 0 spiro atoms. The highest BCUT2D eigenvalue weighted by atomic mass is 16.4. The van der Waals surface area contributed by atoms with Crippen LogP contribution in [-0.2, 0) is 15.0 Å². The van der Waals surface area contributed by atoms with Crippen molar-refractivity contribution in [2.75, 3.05) is 0 Å². The van der Waals surface area contributed by atoms with Crippen LogP contribution in [0.4, 0.5) is 0 Å². The standard InChI is InChI=1S/C14H18O4/c1-14(2,3)10-6-4-9(5-7-10)11(13(17)18)8-12(15)16/h4-7,11H,8H2,1-3H3,(H,15,16)(H,17,18). The Kier molecular flexibility index (Phi) is 4.11. The fourth-order valence-electron chi connectivity index (χ4n) is 1.74. The Morgan fingerprint density at radius 3 is 1.94 bits per heavy atom. The van der Waals surface area contributed by atoms with E-state index in [9.17, 15) is 9.59 Å². The third kappa shape index (κ3) is 3.58. The van der Waals surface area contributed by atoms with E-state index in [1.807, 2.05) is 12.1 Å². The molecule has 0 aliphatic carbocycles. The maximum atomic E-state index is 11.1. The lowest BCUT2D eigenvalue weighted by Crippen LogP contribution is -2.16. The van der Waals surface area contributed by atoms with Crippen molar-refractivity contribution in [3.05, 3.63) is 35.4 Å². The third-order valence-corrected chi connectivity index (χ3v) is 2.86. The maximum Gasteiger partial charge on any atom is 0.311 e. The molecule has 4 heteroatoms. The molecule has 0 saturated carbocycles. The van der Waals surface area contributed by atoms with Crippen molar-refractivity contribution in [1.29, 1.82) is 0 Å². The summed E-state index contributed by atoms with van der Waals surface area (Å²) in [5.74, 6) is -3.21. The number of rotatable bonds is 4. The molecule has 1 unspecified atom stereocenters. The van der Waals surface area contributed by atoms with Gasteiger partial charge >= 0.3 is 11.9 Å². The molecule has 0 bridgehead atoms. The van der Waals surface area contributed by atoms with Gasteiger partial charge in [-0.2, -0.15) is 0 Å². The van der Waals surface area contributed by atoms with Gasteiger partial charge in [0.1, 0.15) is 0 Å². The van der Waals surface area contributed by atoms with E-state index in [1.165, 1.54) is 0 Å². The third-order valence-electron chi connectivity index (χ3n) is 2.86. The molecule has 0 aliphatic heterocycles. The molecule has 1 rings (SSSR count). The first-order valence-electron chi connectivity index (χ1n) is 5.77. The molecular weight excluding hydrogens is 232 g/mol. The van der Waals surface area contributed by atoms with Gasteiger partial charge in [-0.3, -0.25) is 9.59 Å².